The van der Waals surface area contributed by atoms with E-state index in [0.29, 0.717) is 36.5 Å². The first-order chi connectivity index (χ1) is 14.0. The Hall–Kier alpha value is -2.76. The summed E-state index contributed by atoms with van der Waals surface area (Å²) in [5.74, 6) is 0.672. The molecule has 0 unspecified atom stereocenters. The van der Waals surface area contributed by atoms with Crippen molar-refractivity contribution in [2.24, 2.45) is 18.9 Å². The number of likely N-dealkylation sites (tertiary alicyclic amines) is 1. The number of amides is 1. The van der Waals surface area contributed by atoms with Crippen molar-refractivity contribution < 1.29 is 27.8 Å². The van der Waals surface area contributed by atoms with Gasteiger partial charge in [-0.2, -0.15) is 18.3 Å². The number of alkyl halides is 3. The van der Waals surface area contributed by atoms with Crippen LogP contribution < -0.4 is 10.1 Å². The lowest BCUT2D eigenvalue weighted by Crippen LogP contribution is -2.27. The van der Waals surface area contributed by atoms with E-state index in [-0.39, 0.29) is 24.4 Å². The fourth-order valence-electron chi connectivity index (χ4n) is 3.26. The molecule has 9 nitrogen and oxygen atoms in total. The topological polar surface area (TPSA) is 105 Å². The Balaban J connectivity index is 1.76. The zero-order valence-corrected chi connectivity index (χ0v) is 17.1. The molecule has 2 N–H and O–H groups in total. The van der Waals surface area contributed by atoms with Gasteiger partial charge < -0.3 is 20.1 Å². The second-order valence-electron chi connectivity index (χ2n) is 7.14. The fraction of sp³-hybridized carbons (Fsp3) is 0.529. The molecule has 0 saturated carbocycles. The Bertz CT molecular complexity index is 952. The molecule has 0 bridgehead atoms. The van der Waals surface area contributed by atoms with Gasteiger partial charge >= 0.3 is 12.3 Å². The zero-order valence-electron chi connectivity index (χ0n) is 16.4. The first-order valence-corrected chi connectivity index (χ1v) is 9.36. The first-order valence-electron chi connectivity index (χ1n) is 8.98. The highest BCUT2D eigenvalue weighted by molar-refractivity contribution is 6.30. The molecule has 3 heterocycles. The van der Waals surface area contributed by atoms with Crippen molar-refractivity contribution in [2.45, 2.75) is 20.0 Å². The Kier molecular flexibility index (Phi) is 5.97. The minimum atomic E-state index is -4.66. The number of nitrogens with zero attached hydrogens (tertiary/aromatic N) is 5. The molecular formula is C17H20ClF3N6O3. The number of ether oxygens (including phenoxy) is 1. The molecule has 1 saturated heterocycles. The van der Waals surface area contributed by atoms with Crippen LogP contribution >= 0.6 is 11.6 Å². The number of aryl methyl sites for hydroxylation is 2. The van der Waals surface area contributed by atoms with Crippen molar-refractivity contribution in [1.29, 1.82) is 0 Å². The molecule has 164 valence electrons. The molecule has 2 aromatic heterocycles. The van der Waals surface area contributed by atoms with Gasteiger partial charge in [-0.1, -0.05) is 18.5 Å². The van der Waals surface area contributed by atoms with Gasteiger partial charge in [0, 0.05) is 32.3 Å². The van der Waals surface area contributed by atoms with E-state index >= 15 is 0 Å². The summed E-state index contributed by atoms with van der Waals surface area (Å²) in [6.45, 7) is 4.70. The summed E-state index contributed by atoms with van der Waals surface area (Å²) in [5, 5.41) is 15.5. The molecule has 13 heteroatoms. The Labute approximate surface area is 174 Å². The van der Waals surface area contributed by atoms with Crippen LogP contribution in [0.25, 0.3) is 0 Å². The predicted molar refractivity (Wildman–Crippen MR) is 101 cm³/mol. The number of hydrogen-bond donors (Lipinski definition) is 2. The van der Waals surface area contributed by atoms with Crippen molar-refractivity contribution in [1.82, 2.24) is 24.6 Å². The van der Waals surface area contributed by atoms with Crippen molar-refractivity contribution in [3.63, 3.8) is 0 Å². The molecule has 3 rings (SSSR count). The molecule has 2 aromatic rings. The van der Waals surface area contributed by atoms with E-state index in [1.54, 1.807) is 14.0 Å². The van der Waals surface area contributed by atoms with Crippen LogP contribution in [0.5, 0.6) is 5.75 Å². The van der Waals surface area contributed by atoms with Crippen molar-refractivity contribution >= 4 is 29.5 Å². The van der Waals surface area contributed by atoms with Crippen LogP contribution in [0.1, 0.15) is 18.2 Å². The van der Waals surface area contributed by atoms with Crippen molar-refractivity contribution in [3.8, 4) is 5.75 Å². The fourth-order valence-corrected chi connectivity index (χ4v) is 3.50. The summed E-state index contributed by atoms with van der Waals surface area (Å²) in [7, 11) is 1.62. The standard InChI is InChI=1S/C17H20ClF3N6O3/c1-8-5-27(16(28)29)6-10(8)7-30-12-9(2)25-26(3)14(12)24-15-22-4-11(13(18)23-15)17(19,20)21/h4,8,10H,5-7H2,1-3H3,(H,28,29)(H,22,23,24)/t8-,10+/m1/s1. The quantitative estimate of drug-likeness (QED) is 0.674. The van der Waals surface area contributed by atoms with E-state index in [9.17, 15) is 18.0 Å². The minimum absolute atomic E-state index is 0.00896. The van der Waals surface area contributed by atoms with E-state index < -0.39 is 23.0 Å². The highest BCUT2D eigenvalue weighted by atomic mass is 35.5. The first kappa shape index (κ1) is 21.9. The number of aromatic nitrogens is 4. The average Bonchev–Trinajstić information content (AvgIpc) is 3.12. The van der Waals surface area contributed by atoms with Gasteiger partial charge in [-0.15, -0.1) is 0 Å². The summed E-state index contributed by atoms with van der Waals surface area (Å²) < 4.78 is 45.9. The van der Waals surface area contributed by atoms with Crippen molar-refractivity contribution in [3.05, 3.63) is 22.6 Å². The monoisotopic (exact) mass is 448 g/mol. The third kappa shape index (κ3) is 4.53. The number of nitrogens with one attached hydrogen (secondary N) is 1. The van der Waals surface area contributed by atoms with Gasteiger partial charge in [0.05, 0.1) is 6.61 Å². The molecule has 0 radical (unpaired) electrons. The Morgan fingerprint density at radius 3 is 2.70 bits per heavy atom. The maximum atomic E-state index is 12.8. The minimum Gasteiger partial charge on any atom is -0.487 e. The molecule has 1 aliphatic heterocycles. The van der Waals surface area contributed by atoms with Gasteiger partial charge in [0.2, 0.25) is 5.95 Å². The largest absolute Gasteiger partial charge is 0.487 e. The maximum Gasteiger partial charge on any atom is 0.420 e. The summed E-state index contributed by atoms with van der Waals surface area (Å²) in [4.78, 5) is 19.8. The number of hydrogen-bond acceptors (Lipinski definition) is 6. The smallest absolute Gasteiger partial charge is 0.420 e. The molecule has 0 spiro atoms. The maximum absolute atomic E-state index is 12.8. The molecule has 2 atom stereocenters. The molecule has 1 fully saturated rings. The lowest BCUT2D eigenvalue weighted by Gasteiger charge is -2.16. The van der Waals surface area contributed by atoms with Crippen LogP contribution in [0.2, 0.25) is 5.15 Å². The number of anilines is 2. The van der Waals surface area contributed by atoms with Gasteiger partial charge in [-0.25, -0.2) is 19.4 Å². The van der Waals surface area contributed by atoms with Gasteiger partial charge in [-0.05, 0) is 12.8 Å². The third-order valence-corrected chi connectivity index (χ3v) is 5.21. The predicted octanol–water partition coefficient (Wildman–Crippen LogP) is 3.56. The second-order valence-corrected chi connectivity index (χ2v) is 7.50. The number of carbonyl (C=O) groups is 1. The van der Waals surface area contributed by atoms with Crippen LogP contribution in [-0.2, 0) is 13.2 Å². The van der Waals surface area contributed by atoms with Crippen molar-refractivity contribution in [2.75, 3.05) is 25.0 Å². The van der Waals surface area contributed by atoms with Gasteiger partial charge in [0.15, 0.2) is 11.6 Å². The van der Waals surface area contributed by atoms with E-state index in [2.05, 4.69) is 20.4 Å². The molecule has 30 heavy (non-hydrogen) atoms. The van der Waals surface area contributed by atoms with Gasteiger partial charge in [-0.3, -0.25) is 0 Å². The van der Waals surface area contributed by atoms with Gasteiger partial charge in [0.1, 0.15) is 16.4 Å². The van der Waals surface area contributed by atoms with E-state index in [4.69, 9.17) is 21.4 Å². The number of rotatable bonds is 5. The summed E-state index contributed by atoms with van der Waals surface area (Å²) >= 11 is 5.65. The van der Waals surface area contributed by atoms with Crippen LogP contribution in [0, 0.1) is 18.8 Å². The van der Waals surface area contributed by atoms with Crippen LogP contribution in [-0.4, -0.2) is 55.5 Å². The van der Waals surface area contributed by atoms with E-state index in [0.717, 1.165) is 0 Å². The highest BCUT2D eigenvalue weighted by Crippen LogP contribution is 2.35. The van der Waals surface area contributed by atoms with E-state index in [1.165, 1.54) is 9.58 Å². The van der Waals surface area contributed by atoms with Crippen LogP contribution in [0.15, 0.2) is 6.20 Å². The highest BCUT2D eigenvalue weighted by Gasteiger charge is 2.35. The lowest BCUT2D eigenvalue weighted by atomic mass is 9.99. The SMILES string of the molecule is Cc1nn(C)c(Nc2ncc(C(F)(F)F)c(Cl)n2)c1OC[C@@H]1CN(C(=O)O)C[C@H]1C. The molecule has 1 aliphatic rings. The lowest BCUT2D eigenvalue weighted by molar-refractivity contribution is -0.137. The molecule has 0 aliphatic carbocycles. The number of carboxylic acid groups (broad SMARTS) is 1. The Morgan fingerprint density at radius 1 is 1.43 bits per heavy atom. The molecule has 1 amide bonds. The third-order valence-electron chi connectivity index (χ3n) is 4.93. The second kappa shape index (κ2) is 8.17. The normalized spacial score (nSPS) is 19.2. The molecule has 0 aromatic carbocycles. The van der Waals surface area contributed by atoms with Crippen LogP contribution in [0.3, 0.4) is 0 Å². The van der Waals surface area contributed by atoms with Crippen LogP contribution in [0.4, 0.5) is 29.7 Å². The van der Waals surface area contributed by atoms with E-state index in [1.807, 2.05) is 6.92 Å². The Morgan fingerprint density at radius 2 is 2.13 bits per heavy atom. The summed E-state index contributed by atoms with van der Waals surface area (Å²) in [6, 6.07) is 0. The zero-order chi connectivity index (χ0) is 22.2. The summed E-state index contributed by atoms with van der Waals surface area (Å²) in [5.41, 5.74) is -0.593. The molecular weight excluding hydrogens is 429 g/mol. The summed E-state index contributed by atoms with van der Waals surface area (Å²) in [6.07, 6.45) is -5.03. The number of halogens is 4. The average molecular weight is 449 g/mol. The van der Waals surface area contributed by atoms with Gasteiger partial charge in [0.25, 0.3) is 0 Å².